The quantitative estimate of drug-likeness (QED) is 0.703. The lowest BCUT2D eigenvalue weighted by atomic mass is 9.79. The lowest BCUT2D eigenvalue weighted by Gasteiger charge is -2.25. The van der Waals surface area contributed by atoms with Crippen LogP contribution in [0.15, 0.2) is 58.2 Å². The second-order valence-electron chi connectivity index (χ2n) is 4.01. The number of aliphatic carboxylic acids is 1. The lowest BCUT2D eigenvalue weighted by molar-refractivity contribution is -0.132. The number of hydrogen-bond donors (Lipinski definition) is 1. The first kappa shape index (κ1) is 8.48. The van der Waals surface area contributed by atoms with Crippen molar-refractivity contribution in [3.05, 3.63) is 58.2 Å². The number of fused-ring (bicyclic) bond motifs is 3. The number of carbonyl (C=O) groups is 1. The molecule has 0 saturated heterocycles. The third-order valence-corrected chi connectivity index (χ3v) is 3.09. The van der Waals surface area contributed by atoms with Crippen molar-refractivity contribution in [3.63, 3.8) is 0 Å². The third kappa shape index (κ3) is 1.14. The smallest absolute Gasteiger partial charge is 0.335 e. The van der Waals surface area contributed by atoms with Crippen LogP contribution in [-0.4, -0.2) is 11.1 Å². The lowest BCUT2D eigenvalue weighted by Crippen LogP contribution is -2.13. The molecule has 1 N–H and O–H groups in total. The van der Waals surface area contributed by atoms with E-state index in [0.717, 1.165) is 24.0 Å². The molecular weight excluding hydrogens is 188 g/mol. The van der Waals surface area contributed by atoms with E-state index in [1.54, 1.807) is 6.08 Å². The molecule has 0 fully saturated rings. The summed E-state index contributed by atoms with van der Waals surface area (Å²) < 4.78 is 0. The molecule has 2 nitrogen and oxygen atoms in total. The highest BCUT2D eigenvalue weighted by atomic mass is 16.4. The van der Waals surface area contributed by atoms with Gasteiger partial charge in [0.15, 0.2) is 0 Å². The van der Waals surface area contributed by atoms with Gasteiger partial charge in [0.05, 0.1) is 5.57 Å². The van der Waals surface area contributed by atoms with Crippen LogP contribution in [0.5, 0.6) is 0 Å². The van der Waals surface area contributed by atoms with Gasteiger partial charge < -0.3 is 5.11 Å². The topological polar surface area (TPSA) is 37.3 Å². The highest BCUT2D eigenvalue weighted by Gasteiger charge is 2.27. The predicted molar refractivity (Wildman–Crippen MR) is 57.3 cm³/mol. The SMILES string of the molecule is O=C(O)C1=CC=C2CC3=CC=CC3=C1C2. The fraction of sp³-hybridized carbons (Fsp3) is 0.154. The Balaban J connectivity index is 2.23. The van der Waals surface area contributed by atoms with Crippen LogP contribution in [0.2, 0.25) is 0 Å². The van der Waals surface area contributed by atoms with Crippen molar-refractivity contribution < 1.29 is 9.90 Å². The Morgan fingerprint density at radius 2 is 2.07 bits per heavy atom. The number of allylic oxidation sites excluding steroid dienone is 8. The van der Waals surface area contributed by atoms with Gasteiger partial charge in [-0.05, 0) is 35.6 Å². The minimum absolute atomic E-state index is 0.450. The van der Waals surface area contributed by atoms with E-state index in [2.05, 4.69) is 6.08 Å². The number of carboxylic acid groups (broad SMARTS) is 1. The molecule has 0 atom stereocenters. The molecule has 0 aromatic carbocycles. The maximum Gasteiger partial charge on any atom is 0.335 e. The summed E-state index contributed by atoms with van der Waals surface area (Å²) in [6.07, 6.45) is 11.5. The Hall–Kier alpha value is -1.83. The van der Waals surface area contributed by atoms with Crippen LogP contribution in [0.3, 0.4) is 0 Å². The van der Waals surface area contributed by atoms with E-state index < -0.39 is 5.97 Å². The zero-order valence-electron chi connectivity index (χ0n) is 8.16. The third-order valence-electron chi connectivity index (χ3n) is 3.09. The molecule has 0 amide bonds. The standard InChI is InChI=1S/C13H10O2/c14-13(15)11-5-4-8-6-9-2-1-3-10(9)12(11)7-8/h1-5H,6-7H2,(H,14,15). The second-order valence-corrected chi connectivity index (χ2v) is 4.01. The summed E-state index contributed by atoms with van der Waals surface area (Å²) in [5.41, 5.74) is 5.13. The average Bonchev–Trinajstić information content (AvgIpc) is 2.65. The van der Waals surface area contributed by atoms with Gasteiger partial charge >= 0.3 is 5.97 Å². The zero-order chi connectivity index (χ0) is 10.4. The molecule has 2 bridgehead atoms. The fourth-order valence-electron chi connectivity index (χ4n) is 2.40. The summed E-state index contributed by atoms with van der Waals surface area (Å²) >= 11 is 0. The van der Waals surface area contributed by atoms with Gasteiger partial charge in [0.25, 0.3) is 0 Å². The van der Waals surface area contributed by atoms with E-state index in [0.29, 0.717) is 5.57 Å². The van der Waals surface area contributed by atoms with Gasteiger partial charge in [0.2, 0.25) is 0 Å². The molecule has 74 valence electrons. The predicted octanol–water partition coefficient (Wildman–Crippen LogP) is 2.52. The van der Waals surface area contributed by atoms with Gasteiger partial charge in [0, 0.05) is 0 Å². The number of rotatable bonds is 1. The fourth-order valence-corrected chi connectivity index (χ4v) is 2.40. The summed E-state index contributed by atoms with van der Waals surface area (Å²) in [7, 11) is 0. The molecule has 3 aliphatic rings. The van der Waals surface area contributed by atoms with E-state index >= 15 is 0 Å². The van der Waals surface area contributed by atoms with Crippen molar-refractivity contribution in [2.75, 3.05) is 0 Å². The molecule has 0 aromatic rings. The van der Waals surface area contributed by atoms with Gasteiger partial charge in [-0.3, -0.25) is 0 Å². The Labute approximate surface area is 87.6 Å². The monoisotopic (exact) mass is 198 g/mol. The van der Waals surface area contributed by atoms with E-state index in [4.69, 9.17) is 5.11 Å². The number of hydrogen-bond acceptors (Lipinski definition) is 1. The van der Waals surface area contributed by atoms with Crippen LogP contribution in [0.1, 0.15) is 12.8 Å². The minimum atomic E-state index is -0.825. The van der Waals surface area contributed by atoms with Gasteiger partial charge in [-0.2, -0.15) is 0 Å². The van der Waals surface area contributed by atoms with Crippen LogP contribution in [0.25, 0.3) is 0 Å². The van der Waals surface area contributed by atoms with E-state index in [9.17, 15) is 4.79 Å². The van der Waals surface area contributed by atoms with Crippen molar-refractivity contribution in [2.24, 2.45) is 0 Å². The first-order valence-corrected chi connectivity index (χ1v) is 5.00. The van der Waals surface area contributed by atoms with Crippen LogP contribution in [0.4, 0.5) is 0 Å². The molecule has 2 heteroatoms. The van der Waals surface area contributed by atoms with Crippen molar-refractivity contribution in [1.29, 1.82) is 0 Å². The molecule has 3 rings (SSSR count). The van der Waals surface area contributed by atoms with Crippen molar-refractivity contribution in [1.82, 2.24) is 0 Å². The molecule has 0 spiro atoms. The Morgan fingerprint density at radius 1 is 1.20 bits per heavy atom. The van der Waals surface area contributed by atoms with Crippen molar-refractivity contribution in [3.8, 4) is 0 Å². The van der Waals surface area contributed by atoms with Crippen LogP contribution in [0, 0.1) is 0 Å². The highest BCUT2D eigenvalue weighted by Crippen LogP contribution is 2.41. The molecule has 0 saturated carbocycles. The van der Waals surface area contributed by atoms with Crippen LogP contribution >= 0.6 is 0 Å². The van der Waals surface area contributed by atoms with Crippen LogP contribution < -0.4 is 0 Å². The Bertz CT molecular complexity index is 511. The first-order valence-electron chi connectivity index (χ1n) is 5.00. The molecule has 15 heavy (non-hydrogen) atoms. The van der Waals surface area contributed by atoms with Gasteiger partial charge in [-0.1, -0.05) is 29.9 Å². The van der Waals surface area contributed by atoms with E-state index in [1.165, 1.54) is 11.1 Å². The molecular formula is C13H10O2. The zero-order valence-corrected chi connectivity index (χ0v) is 8.16. The number of carboxylic acids is 1. The summed E-state index contributed by atoms with van der Waals surface area (Å²) in [4.78, 5) is 11.1. The van der Waals surface area contributed by atoms with Crippen molar-refractivity contribution >= 4 is 5.97 Å². The first-order chi connectivity index (χ1) is 7.25. The minimum Gasteiger partial charge on any atom is -0.478 e. The Kier molecular flexibility index (Phi) is 1.60. The van der Waals surface area contributed by atoms with Gasteiger partial charge in [0.1, 0.15) is 0 Å². The highest BCUT2D eigenvalue weighted by molar-refractivity contribution is 5.94. The maximum atomic E-state index is 11.1. The Morgan fingerprint density at radius 3 is 2.87 bits per heavy atom. The largest absolute Gasteiger partial charge is 0.478 e. The molecule has 3 aliphatic carbocycles. The van der Waals surface area contributed by atoms with Gasteiger partial charge in [-0.25, -0.2) is 4.79 Å². The summed E-state index contributed by atoms with van der Waals surface area (Å²) in [5.74, 6) is -0.825. The van der Waals surface area contributed by atoms with E-state index in [-0.39, 0.29) is 0 Å². The van der Waals surface area contributed by atoms with Crippen LogP contribution in [-0.2, 0) is 4.79 Å². The molecule has 0 heterocycles. The molecule has 0 aliphatic heterocycles. The van der Waals surface area contributed by atoms with E-state index in [1.807, 2.05) is 18.2 Å². The van der Waals surface area contributed by atoms with Gasteiger partial charge in [-0.15, -0.1) is 0 Å². The van der Waals surface area contributed by atoms with Crippen molar-refractivity contribution in [2.45, 2.75) is 12.8 Å². The molecule has 0 radical (unpaired) electrons. The maximum absolute atomic E-state index is 11.1. The average molecular weight is 198 g/mol. The molecule has 0 aromatic heterocycles. The summed E-state index contributed by atoms with van der Waals surface area (Å²) in [5, 5.41) is 9.09. The molecule has 0 unspecified atom stereocenters. The summed E-state index contributed by atoms with van der Waals surface area (Å²) in [6, 6.07) is 0. The normalized spacial score (nSPS) is 22.0. The summed E-state index contributed by atoms with van der Waals surface area (Å²) in [6.45, 7) is 0. The second kappa shape index (κ2) is 2.83.